The van der Waals surface area contributed by atoms with Crippen molar-refractivity contribution in [3.8, 4) is 0 Å². The number of hydrogen-bond acceptors (Lipinski definition) is 5. The molecule has 0 bridgehead atoms. The Hall–Kier alpha value is -1.17. The Labute approximate surface area is 102 Å². The van der Waals surface area contributed by atoms with E-state index in [9.17, 15) is 0 Å². The Morgan fingerprint density at radius 2 is 2.41 bits per heavy atom. The Morgan fingerprint density at radius 1 is 1.59 bits per heavy atom. The Kier molecular flexibility index (Phi) is 3.61. The highest BCUT2D eigenvalue weighted by atomic mass is 16.5. The SMILES string of the molecule is CC1(C)COCCN1Cc1cccnc1NN. The van der Waals surface area contributed by atoms with Gasteiger partial charge in [0.05, 0.1) is 13.2 Å². The van der Waals surface area contributed by atoms with Crippen LogP contribution < -0.4 is 11.3 Å². The van der Waals surface area contributed by atoms with Crippen LogP contribution in [0, 0.1) is 0 Å². The molecule has 2 rings (SSSR count). The maximum atomic E-state index is 5.51. The third-order valence-corrected chi connectivity index (χ3v) is 3.21. The van der Waals surface area contributed by atoms with Gasteiger partial charge < -0.3 is 10.2 Å². The first-order valence-corrected chi connectivity index (χ1v) is 5.87. The van der Waals surface area contributed by atoms with E-state index in [1.54, 1.807) is 6.20 Å². The molecule has 5 heteroatoms. The van der Waals surface area contributed by atoms with Crippen LogP contribution in [-0.2, 0) is 11.3 Å². The van der Waals surface area contributed by atoms with E-state index in [1.807, 2.05) is 12.1 Å². The summed E-state index contributed by atoms with van der Waals surface area (Å²) in [4.78, 5) is 6.61. The lowest BCUT2D eigenvalue weighted by molar-refractivity contribution is -0.0552. The highest BCUT2D eigenvalue weighted by molar-refractivity contribution is 5.42. The van der Waals surface area contributed by atoms with Gasteiger partial charge in [0.2, 0.25) is 0 Å². The number of rotatable bonds is 3. The molecule has 2 heterocycles. The number of ether oxygens (including phenoxy) is 1. The van der Waals surface area contributed by atoms with Gasteiger partial charge in [0, 0.05) is 30.4 Å². The van der Waals surface area contributed by atoms with Gasteiger partial charge in [0.15, 0.2) is 0 Å². The second-order valence-corrected chi connectivity index (χ2v) is 4.94. The van der Waals surface area contributed by atoms with Crippen molar-refractivity contribution in [3.63, 3.8) is 0 Å². The summed E-state index contributed by atoms with van der Waals surface area (Å²) in [7, 11) is 0. The molecule has 1 aromatic rings. The smallest absolute Gasteiger partial charge is 0.144 e. The first-order chi connectivity index (χ1) is 8.13. The molecule has 1 fully saturated rings. The standard InChI is InChI=1S/C12H20N4O/c1-12(2)9-17-7-6-16(12)8-10-4-3-5-14-11(10)15-13/h3-5H,6-9,13H2,1-2H3,(H,14,15). The molecule has 94 valence electrons. The minimum absolute atomic E-state index is 0.0555. The maximum Gasteiger partial charge on any atom is 0.144 e. The molecule has 3 N–H and O–H groups in total. The van der Waals surface area contributed by atoms with E-state index in [0.717, 1.165) is 37.7 Å². The molecule has 0 unspecified atom stereocenters. The largest absolute Gasteiger partial charge is 0.378 e. The van der Waals surface area contributed by atoms with Crippen LogP contribution in [0.1, 0.15) is 19.4 Å². The Balaban J connectivity index is 2.14. The predicted molar refractivity (Wildman–Crippen MR) is 67.4 cm³/mol. The van der Waals surface area contributed by atoms with E-state index in [4.69, 9.17) is 10.6 Å². The van der Waals surface area contributed by atoms with Gasteiger partial charge >= 0.3 is 0 Å². The van der Waals surface area contributed by atoms with Crippen molar-refractivity contribution in [2.45, 2.75) is 25.9 Å². The summed E-state index contributed by atoms with van der Waals surface area (Å²) in [6, 6.07) is 3.98. The summed E-state index contributed by atoms with van der Waals surface area (Å²) in [6.45, 7) is 7.71. The van der Waals surface area contributed by atoms with Crippen LogP contribution in [0.3, 0.4) is 0 Å². The summed E-state index contributed by atoms with van der Waals surface area (Å²) in [5.41, 5.74) is 3.81. The van der Waals surface area contributed by atoms with Crippen molar-refractivity contribution >= 4 is 5.82 Å². The molecule has 1 aromatic heterocycles. The Bertz CT molecular complexity index is 381. The highest BCUT2D eigenvalue weighted by Crippen LogP contribution is 2.23. The average Bonchev–Trinajstić information content (AvgIpc) is 2.32. The molecule has 0 aliphatic carbocycles. The number of pyridine rings is 1. The van der Waals surface area contributed by atoms with Crippen LogP contribution in [0.25, 0.3) is 0 Å². The van der Waals surface area contributed by atoms with Crippen molar-refractivity contribution in [1.82, 2.24) is 9.88 Å². The van der Waals surface area contributed by atoms with E-state index in [0.29, 0.717) is 0 Å². The summed E-state index contributed by atoms with van der Waals surface area (Å²) >= 11 is 0. The molecule has 0 saturated carbocycles. The van der Waals surface area contributed by atoms with Crippen LogP contribution >= 0.6 is 0 Å². The van der Waals surface area contributed by atoms with Crippen LogP contribution in [-0.4, -0.2) is 35.2 Å². The monoisotopic (exact) mass is 236 g/mol. The number of nitrogens with zero attached hydrogens (tertiary/aromatic N) is 2. The van der Waals surface area contributed by atoms with E-state index in [2.05, 4.69) is 29.2 Å². The van der Waals surface area contributed by atoms with Crippen molar-refractivity contribution < 1.29 is 4.74 Å². The zero-order chi connectivity index (χ0) is 12.3. The van der Waals surface area contributed by atoms with Gasteiger partial charge in [-0.25, -0.2) is 10.8 Å². The summed E-state index contributed by atoms with van der Waals surface area (Å²) in [5.74, 6) is 6.21. The minimum Gasteiger partial charge on any atom is -0.378 e. The topological polar surface area (TPSA) is 63.4 Å². The quantitative estimate of drug-likeness (QED) is 0.605. The van der Waals surface area contributed by atoms with E-state index < -0.39 is 0 Å². The summed E-state index contributed by atoms with van der Waals surface area (Å²) < 4.78 is 5.51. The number of nitrogens with two attached hydrogens (primary N) is 1. The summed E-state index contributed by atoms with van der Waals surface area (Å²) in [5, 5.41) is 0. The number of hydrogen-bond donors (Lipinski definition) is 2. The van der Waals surface area contributed by atoms with Crippen LogP contribution in [0.2, 0.25) is 0 Å². The van der Waals surface area contributed by atoms with Gasteiger partial charge in [-0.05, 0) is 19.9 Å². The zero-order valence-corrected chi connectivity index (χ0v) is 10.4. The normalized spacial score (nSPS) is 20.2. The first-order valence-electron chi connectivity index (χ1n) is 5.87. The van der Waals surface area contributed by atoms with E-state index in [-0.39, 0.29) is 5.54 Å². The second-order valence-electron chi connectivity index (χ2n) is 4.94. The van der Waals surface area contributed by atoms with E-state index in [1.165, 1.54) is 0 Å². The molecule has 0 atom stereocenters. The van der Waals surface area contributed by atoms with Gasteiger partial charge in [-0.15, -0.1) is 0 Å². The molecule has 1 aliphatic heterocycles. The summed E-state index contributed by atoms with van der Waals surface area (Å²) in [6.07, 6.45) is 1.74. The molecule has 1 saturated heterocycles. The maximum absolute atomic E-state index is 5.51. The van der Waals surface area contributed by atoms with Crippen molar-refractivity contribution in [2.24, 2.45) is 5.84 Å². The van der Waals surface area contributed by atoms with Crippen molar-refractivity contribution in [1.29, 1.82) is 0 Å². The van der Waals surface area contributed by atoms with Gasteiger partial charge in [-0.3, -0.25) is 4.90 Å². The number of anilines is 1. The molecule has 17 heavy (non-hydrogen) atoms. The lowest BCUT2D eigenvalue weighted by atomic mass is 10.0. The van der Waals surface area contributed by atoms with Gasteiger partial charge in [0.1, 0.15) is 5.82 Å². The van der Waals surface area contributed by atoms with Crippen LogP contribution in [0.4, 0.5) is 5.82 Å². The van der Waals surface area contributed by atoms with Gasteiger partial charge in [0.25, 0.3) is 0 Å². The molecule has 0 amide bonds. The molecule has 0 radical (unpaired) electrons. The third-order valence-electron chi connectivity index (χ3n) is 3.21. The molecule has 1 aliphatic rings. The molecular formula is C12H20N4O. The molecular weight excluding hydrogens is 216 g/mol. The lowest BCUT2D eigenvalue weighted by Gasteiger charge is -2.42. The Morgan fingerprint density at radius 3 is 3.12 bits per heavy atom. The number of hydrazine groups is 1. The van der Waals surface area contributed by atoms with Gasteiger partial charge in [-0.2, -0.15) is 0 Å². The predicted octanol–water partition coefficient (Wildman–Crippen LogP) is 0.978. The molecule has 0 spiro atoms. The fraction of sp³-hybridized carbons (Fsp3) is 0.583. The third kappa shape index (κ3) is 2.74. The van der Waals surface area contributed by atoms with E-state index >= 15 is 0 Å². The highest BCUT2D eigenvalue weighted by Gasteiger charge is 2.30. The first kappa shape index (κ1) is 12.3. The number of nitrogens with one attached hydrogen (secondary N) is 1. The number of morpholine rings is 1. The number of nitrogen functional groups attached to an aromatic ring is 1. The zero-order valence-electron chi connectivity index (χ0n) is 10.4. The number of aromatic nitrogens is 1. The lowest BCUT2D eigenvalue weighted by Crippen LogP contribution is -2.52. The van der Waals surface area contributed by atoms with Crippen molar-refractivity contribution in [2.75, 3.05) is 25.2 Å². The average molecular weight is 236 g/mol. The second kappa shape index (κ2) is 5.00. The molecule has 0 aromatic carbocycles. The van der Waals surface area contributed by atoms with Gasteiger partial charge in [-0.1, -0.05) is 6.07 Å². The van der Waals surface area contributed by atoms with Crippen LogP contribution in [0.5, 0.6) is 0 Å². The molecule has 5 nitrogen and oxygen atoms in total. The van der Waals surface area contributed by atoms with Crippen LogP contribution in [0.15, 0.2) is 18.3 Å². The van der Waals surface area contributed by atoms with Crippen molar-refractivity contribution in [3.05, 3.63) is 23.9 Å². The fourth-order valence-corrected chi connectivity index (χ4v) is 2.09. The minimum atomic E-state index is 0.0555. The fourth-order valence-electron chi connectivity index (χ4n) is 2.09.